The molecule has 32 heteroatoms. The molecule has 1 aromatic heterocycles. The van der Waals surface area contributed by atoms with Gasteiger partial charge in [0.1, 0.15) is 72.4 Å². The van der Waals surface area contributed by atoms with Gasteiger partial charge in [0.2, 0.25) is 65.3 Å². The Morgan fingerprint density at radius 3 is 1.88 bits per heavy atom. The Morgan fingerprint density at radius 1 is 0.636 bits per heavy atom. The number of para-hydroxylation sites is 1. The molecule has 15 unspecified atom stereocenters. The Hall–Kier alpha value is -11.4. The van der Waals surface area contributed by atoms with Crippen molar-refractivity contribution in [1.29, 1.82) is 0 Å². The molecule has 107 heavy (non-hydrogen) atoms. The van der Waals surface area contributed by atoms with Gasteiger partial charge in [-0.25, -0.2) is 4.79 Å². The summed E-state index contributed by atoms with van der Waals surface area (Å²) in [4.78, 5) is 191. The van der Waals surface area contributed by atoms with Gasteiger partial charge in [-0.15, -0.1) is 0 Å². The molecule has 2 saturated heterocycles. The molecule has 4 aromatic carbocycles. The van der Waals surface area contributed by atoms with Gasteiger partial charge in [-0.3, -0.25) is 57.5 Å². The molecule has 2 fully saturated rings. The number of nitrogens with zero attached hydrogens (tertiary/aromatic N) is 1. The van der Waals surface area contributed by atoms with E-state index in [0.29, 0.717) is 33.3 Å². The zero-order valence-corrected chi connectivity index (χ0v) is 60.6. The average Bonchev–Trinajstić information content (AvgIpc) is 1.63. The van der Waals surface area contributed by atoms with Gasteiger partial charge in [0, 0.05) is 36.1 Å². The van der Waals surface area contributed by atoms with E-state index in [1.807, 2.05) is 0 Å². The lowest BCUT2D eigenvalue weighted by Crippen LogP contribution is -2.62. The molecule has 0 bridgehead atoms. The van der Waals surface area contributed by atoms with Gasteiger partial charge in [-0.05, 0) is 111 Å². The number of carbonyl (C=O) groups is 13. The van der Waals surface area contributed by atoms with Crippen LogP contribution < -0.4 is 57.9 Å². The molecule has 0 saturated carbocycles. The Bertz CT molecular complexity index is 4090. The number of carbonyl (C=O) groups excluding carboxylic acids is 12. The number of carboxylic acid groups (broad SMARTS) is 1. The first kappa shape index (κ1) is 82.9. The first-order valence-electron chi connectivity index (χ1n) is 34.9. The quantitative estimate of drug-likeness (QED) is 0.0434. The number of rotatable bonds is 17. The monoisotopic (exact) mass is 1480 g/mol. The molecule has 11 amide bonds. The average molecular weight is 1480 g/mol. The molecule has 15 atom stereocenters. The van der Waals surface area contributed by atoms with Crippen molar-refractivity contribution >= 4 is 100.0 Å². The molecule has 7 rings (SSSR count). The number of hydrogen-bond donors (Lipinski definition) is 16. The first-order valence-corrected chi connectivity index (χ1v) is 34.9. The minimum atomic E-state index is -2.52. The summed E-state index contributed by atoms with van der Waals surface area (Å²) in [7, 11) is 1.38. The second-order valence-electron chi connectivity index (χ2n) is 26.9. The standard InChI is InChI=1S/C75H94N12O20/c1-10-19-43-20-14-15-21-44(43)29-32-54(88)81-57-42(8)107-75(105)60(61(90)39(4)5)85-65(94)51(34-38(2)3)80-71(100)72(101)86-66(95)52(35-47-36-76-50-25-17-16-24-49(47)50)79-70(99)58(62(91)46-27-30-48(106-9)31-28-46)84-67(96)53-26-18-33-87(53)73(102)59(63(92)45-22-12-11-13-23-45)82-55(89)37-77-68(97)56(40(6)74(103)104)83-64(93)41(7)78-69(57)98/h10-17,19-25,27-32,36,38-42,51-53,56-63,72,76,90-92,101H,18,26,33-35,37H2,1-9H3,(H,77,97)(H,78,98)(H,79,99)(H,80,100)(H,81,88)(H,82,89)(H,83,93)(H,84,96)(H,85,94)(H,86,95)(H,103,104)/b19-10+,32-29+. The Kier molecular flexibility index (Phi) is 29.9. The minimum Gasteiger partial charge on any atom is -0.497 e. The van der Waals surface area contributed by atoms with Crippen LogP contribution >= 0.6 is 0 Å². The summed E-state index contributed by atoms with van der Waals surface area (Å²) in [6.07, 6.45) is -2.94. The lowest BCUT2D eigenvalue weighted by Gasteiger charge is -2.33. The van der Waals surface area contributed by atoms with E-state index in [0.717, 1.165) is 31.7 Å². The fourth-order valence-corrected chi connectivity index (χ4v) is 12.1. The largest absolute Gasteiger partial charge is 0.497 e. The van der Waals surface area contributed by atoms with E-state index in [1.165, 1.54) is 81.8 Å². The van der Waals surface area contributed by atoms with Crippen LogP contribution in [0.2, 0.25) is 0 Å². The fraction of sp³-hybridized carbons (Fsp3) is 0.427. The maximum absolute atomic E-state index is 15.1. The number of amides is 11. The number of aliphatic hydroxyl groups is 4. The summed E-state index contributed by atoms with van der Waals surface area (Å²) in [5, 5.41) is 81.9. The van der Waals surface area contributed by atoms with Crippen LogP contribution in [-0.4, -0.2) is 205 Å². The number of esters is 1. The lowest BCUT2D eigenvalue weighted by molar-refractivity contribution is -0.160. The third kappa shape index (κ3) is 22.4. The predicted octanol–water partition coefficient (Wildman–Crippen LogP) is 0.102. The van der Waals surface area contributed by atoms with E-state index >= 15 is 9.59 Å². The fourth-order valence-electron chi connectivity index (χ4n) is 12.1. The zero-order valence-electron chi connectivity index (χ0n) is 60.6. The van der Waals surface area contributed by atoms with Gasteiger partial charge in [0.05, 0.1) is 25.7 Å². The van der Waals surface area contributed by atoms with Crippen molar-refractivity contribution in [3.63, 3.8) is 0 Å². The molecule has 2 aliphatic rings. The van der Waals surface area contributed by atoms with E-state index < -0.39 is 193 Å². The van der Waals surface area contributed by atoms with Crippen molar-refractivity contribution in [3.05, 3.63) is 149 Å². The lowest BCUT2D eigenvalue weighted by atomic mass is 9.97. The van der Waals surface area contributed by atoms with Crippen molar-refractivity contribution in [2.45, 2.75) is 166 Å². The van der Waals surface area contributed by atoms with E-state index in [2.05, 4.69) is 58.2 Å². The predicted molar refractivity (Wildman–Crippen MR) is 387 cm³/mol. The Labute approximate surface area is 617 Å². The van der Waals surface area contributed by atoms with Crippen molar-refractivity contribution in [1.82, 2.24) is 63.1 Å². The van der Waals surface area contributed by atoms with Gasteiger partial charge in [0.25, 0.3) is 5.91 Å². The van der Waals surface area contributed by atoms with E-state index in [4.69, 9.17) is 9.47 Å². The number of aromatic amines is 1. The second kappa shape index (κ2) is 38.6. The van der Waals surface area contributed by atoms with Crippen molar-refractivity contribution in [3.8, 4) is 5.75 Å². The van der Waals surface area contributed by atoms with Crippen LogP contribution in [0, 0.1) is 17.8 Å². The minimum absolute atomic E-state index is 0.0253. The number of hydrogen-bond acceptors (Lipinski definition) is 19. The van der Waals surface area contributed by atoms with Gasteiger partial charge < -0.3 is 98.1 Å². The molecule has 16 N–H and O–H groups in total. The van der Waals surface area contributed by atoms with Crippen LogP contribution in [0.4, 0.5) is 0 Å². The topological polar surface area (TPSA) is 481 Å². The van der Waals surface area contributed by atoms with Crippen molar-refractivity contribution in [2.24, 2.45) is 17.8 Å². The molecule has 574 valence electrons. The number of H-pyrrole nitrogens is 1. The highest BCUT2D eigenvalue weighted by atomic mass is 16.5. The number of cyclic esters (lactones) is 1. The van der Waals surface area contributed by atoms with Crippen LogP contribution in [0.3, 0.4) is 0 Å². The highest BCUT2D eigenvalue weighted by Crippen LogP contribution is 2.28. The highest BCUT2D eigenvalue weighted by molar-refractivity contribution is 6.01. The molecule has 5 aromatic rings. The van der Waals surface area contributed by atoms with Crippen LogP contribution in [-0.2, 0) is 73.5 Å². The molecular formula is C75H94N12O20. The maximum atomic E-state index is 15.1. The third-order valence-corrected chi connectivity index (χ3v) is 18.2. The molecule has 0 spiro atoms. The first-order chi connectivity index (χ1) is 50.8. The van der Waals surface area contributed by atoms with E-state index in [-0.39, 0.29) is 36.9 Å². The van der Waals surface area contributed by atoms with Crippen LogP contribution in [0.15, 0.2) is 121 Å². The number of allylic oxidation sites excluding steroid dienone is 1. The number of aliphatic hydroxyl groups excluding tert-OH is 4. The SMILES string of the molecule is C/C=C/c1ccccc1/C=C/C(=O)NC1C(=O)NC(C)C(=O)NC(C(C)C(=O)O)C(=O)NCC(=O)NC(C(O)c2ccccc2)C(=O)N2CCCC2C(=O)NC(C(O)c2ccc(OC)cc2)C(=O)NC(Cc2c[nH]c3ccccc23)C(=O)NC(O)C(=O)NC(CC(C)C)C(=O)NC(C(O)C(C)C)C(=O)OC1C. The van der Waals surface area contributed by atoms with Gasteiger partial charge in [-0.1, -0.05) is 125 Å². The Balaban J connectivity index is 1.30. The highest BCUT2D eigenvalue weighted by Gasteiger charge is 2.45. The number of methoxy groups -OCH3 is 1. The van der Waals surface area contributed by atoms with Crippen LogP contribution in [0.25, 0.3) is 23.1 Å². The van der Waals surface area contributed by atoms with Gasteiger partial charge in [0.15, 0.2) is 6.04 Å². The Morgan fingerprint density at radius 2 is 1.23 bits per heavy atom. The smallest absolute Gasteiger partial charge is 0.331 e. The summed E-state index contributed by atoms with van der Waals surface area (Å²) in [5.41, 5.74) is 2.37. The summed E-state index contributed by atoms with van der Waals surface area (Å²) in [5.74, 6) is -18.7. The molecule has 2 aliphatic heterocycles. The second-order valence-corrected chi connectivity index (χ2v) is 26.9. The van der Waals surface area contributed by atoms with E-state index in [1.54, 1.807) is 87.5 Å². The number of ether oxygens (including phenoxy) is 2. The summed E-state index contributed by atoms with van der Waals surface area (Å²) in [6.45, 7) is 10.1. The maximum Gasteiger partial charge on any atom is 0.331 e. The number of carboxylic acids is 1. The number of aromatic nitrogens is 1. The van der Waals surface area contributed by atoms with E-state index in [9.17, 15) is 78.3 Å². The van der Waals surface area contributed by atoms with Gasteiger partial charge in [-0.2, -0.15) is 0 Å². The van der Waals surface area contributed by atoms with Crippen LogP contribution in [0.5, 0.6) is 5.75 Å². The van der Waals surface area contributed by atoms with Crippen molar-refractivity contribution < 1.29 is 97.3 Å². The summed E-state index contributed by atoms with van der Waals surface area (Å²) in [6, 6.07) is 10.3. The van der Waals surface area contributed by atoms with Gasteiger partial charge >= 0.3 is 11.9 Å². The molecule has 3 heterocycles. The summed E-state index contributed by atoms with van der Waals surface area (Å²) < 4.78 is 11.1. The number of benzene rings is 4. The van der Waals surface area contributed by atoms with Crippen molar-refractivity contribution in [2.75, 3.05) is 20.2 Å². The van der Waals surface area contributed by atoms with Crippen LogP contribution in [0.1, 0.15) is 115 Å². The molecule has 0 radical (unpaired) electrons. The molecule has 0 aliphatic carbocycles. The molecular weight excluding hydrogens is 1390 g/mol. The zero-order chi connectivity index (χ0) is 78.5. The number of aliphatic carboxylic acids is 1. The summed E-state index contributed by atoms with van der Waals surface area (Å²) >= 11 is 0. The normalized spacial score (nSPS) is 24.8. The number of fused-ring (bicyclic) bond motifs is 2. The number of nitrogens with one attached hydrogen (secondary N) is 11. The molecule has 32 nitrogen and oxygen atoms in total. The third-order valence-electron chi connectivity index (χ3n) is 18.2.